The highest BCUT2D eigenvalue weighted by atomic mass is 32.2. The molecular formula is C18H21NO4S. The summed E-state index contributed by atoms with van der Waals surface area (Å²) in [6.07, 6.45) is 2.19. The number of hydrogen-bond donors (Lipinski definition) is 1. The zero-order chi connectivity index (χ0) is 17.5. The molecule has 0 spiro atoms. The number of carbonyl (C=O) groups is 1. The smallest absolute Gasteiger partial charge is 0.355 e. The summed E-state index contributed by atoms with van der Waals surface area (Å²) in [7, 11) is 1.63. The van der Waals surface area contributed by atoms with E-state index in [9.17, 15) is 9.90 Å². The molecule has 0 radical (unpaired) electrons. The average molecular weight is 347 g/mol. The van der Waals surface area contributed by atoms with Crippen LogP contribution in [-0.4, -0.2) is 28.9 Å². The summed E-state index contributed by atoms with van der Waals surface area (Å²) >= 11 is 1.48. The SMILES string of the molecule is CCSc1c(C(=O)O)ncc(OCc2ccc(OC)cc2)c1CC. The van der Waals surface area contributed by atoms with Gasteiger partial charge in [-0.25, -0.2) is 9.78 Å². The van der Waals surface area contributed by atoms with E-state index in [0.29, 0.717) is 23.7 Å². The van der Waals surface area contributed by atoms with Crippen molar-refractivity contribution in [3.8, 4) is 11.5 Å². The van der Waals surface area contributed by atoms with Crippen LogP contribution >= 0.6 is 11.8 Å². The van der Waals surface area contributed by atoms with E-state index in [1.807, 2.05) is 38.1 Å². The minimum absolute atomic E-state index is 0.0931. The van der Waals surface area contributed by atoms with Crippen molar-refractivity contribution < 1.29 is 19.4 Å². The van der Waals surface area contributed by atoms with Gasteiger partial charge in [0, 0.05) is 10.5 Å². The molecule has 0 unspecified atom stereocenters. The molecule has 2 rings (SSSR count). The van der Waals surface area contributed by atoms with Crippen molar-refractivity contribution in [1.29, 1.82) is 0 Å². The number of pyridine rings is 1. The summed E-state index contributed by atoms with van der Waals surface area (Å²) in [6, 6.07) is 7.63. The predicted molar refractivity (Wildman–Crippen MR) is 94.3 cm³/mol. The molecule has 0 atom stereocenters. The number of carboxylic acids is 1. The lowest BCUT2D eigenvalue weighted by Gasteiger charge is -2.15. The fourth-order valence-electron chi connectivity index (χ4n) is 2.31. The van der Waals surface area contributed by atoms with Crippen molar-refractivity contribution >= 4 is 17.7 Å². The normalized spacial score (nSPS) is 10.5. The van der Waals surface area contributed by atoms with Gasteiger partial charge in [0.1, 0.15) is 18.1 Å². The van der Waals surface area contributed by atoms with Gasteiger partial charge in [0.15, 0.2) is 5.69 Å². The van der Waals surface area contributed by atoms with Crippen molar-refractivity contribution in [1.82, 2.24) is 4.98 Å². The zero-order valence-electron chi connectivity index (χ0n) is 14.0. The number of aromatic carboxylic acids is 1. The van der Waals surface area contributed by atoms with Crippen LogP contribution in [0.25, 0.3) is 0 Å². The van der Waals surface area contributed by atoms with Crippen molar-refractivity contribution in [2.24, 2.45) is 0 Å². The van der Waals surface area contributed by atoms with E-state index in [0.717, 1.165) is 22.6 Å². The van der Waals surface area contributed by atoms with Crippen LogP contribution in [0, 0.1) is 0 Å². The first-order valence-corrected chi connectivity index (χ1v) is 8.72. The number of aromatic nitrogens is 1. The number of ether oxygens (including phenoxy) is 2. The second kappa shape index (κ2) is 8.59. The lowest BCUT2D eigenvalue weighted by molar-refractivity contribution is 0.0686. The molecule has 128 valence electrons. The number of benzene rings is 1. The first-order valence-electron chi connectivity index (χ1n) is 7.74. The molecule has 0 aliphatic rings. The maximum Gasteiger partial charge on any atom is 0.355 e. The number of nitrogens with zero attached hydrogens (tertiary/aromatic N) is 1. The molecule has 1 N–H and O–H groups in total. The summed E-state index contributed by atoms with van der Waals surface area (Å²) in [5.74, 6) is 1.19. The quantitative estimate of drug-likeness (QED) is 0.727. The Balaban J connectivity index is 2.25. The van der Waals surface area contributed by atoms with E-state index >= 15 is 0 Å². The Morgan fingerprint density at radius 1 is 1.25 bits per heavy atom. The van der Waals surface area contributed by atoms with Crippen LogP contribution in [-0.2, 0) is 13.0 Å². The Labute approximate surface area is 146 Å². The third-order valence-electron chi connectivity index (χ3n) is 3.50. The molecule has 24 heavy (non-hydrogen) atoms. The van der Waals surface area contributed by atoms with Crippen molar-refractivity contribution in [3.63, 3.8) is 0 Å². The summed E-state index contributed by atoms with van der Waals surface area (Å²) in [5.41, 5.74) is 1.99. The first-order chi connectivity index (χ1) is 11.6. The van der Waals surface area contributed by atoms with Gasteiger partial charge in [0.25, 0.3) is 0 Å². The Morgan fingerprint density at radius 2 is 1.96 bits per heavy atom. The molecule has 0 aliphatic carbocycles. The molecule has 6 heteroatoms. The maximum absolute atomic E-state index is 11.4. The van der Waals surface area contributed by atoms with Gasteiger partial charge in [-0.1, -0.05) is 26.0 Å². The molecule has 5 nitrogen and oxygen atoms in total. The van der Waals surface area contributed by atoms with Gasteiger partial charge in [-0.05, 0) is 29.9 Å². The monoisotopic (exact) mass is 347 g/mol. The fourth-order valence-corrected chi connectivity index (χ4v) is 3.29. The molecule has 0 amide bonds. The molecule has 1 aromatic carbocycles. The average Bonchev–Trinajstić information content (AvgIpc) is 2.60. The molecule has 1 heterocycles. The van der Waals surface area contributed by atoms with Crippen molar-refractivity contribution in [2.45, 2.75) is 31.8 Å². The number of carboxylic acid groups (broad SMARTS) is 1. The standard InChI is InChI=1S/C18H21NO4S/c1-4-14-15(10-19-16(18(20)21)17(14)24-5-2)23-11-12-6-8-13(22-3)9-7-12/h6-10H,4-5,11H2,1-3H3,(H,20,21). The maximum atomic E-state index is 11.4. The minimum atomic E-state index is -1.01. The second-order valence-electron chi connectivity index (χ2n) is 5.01. The summed E-state index contributed by atoms with van der Waals surface area (Å²) in [4.78, 5) is 16.2. The van der Waals surface area contributed by atoms with E-state index < -0.39 is 5.97 Å². The molecule has 0 saturated carbocycles. The largest absolute Gasteiger partial charge is 0.497 e. The van der Waals surface area contributed by atoms with E-state index in [1.165, 1.54) is 18.0 Å². The summed E-state index contributed by atoms with van der Waals surface area (Å²) in [6.45, 7) is 4.36. The number of thioether (sulfide) groups is 1. The van der Waals surface area contributed by atoms with Crippen LogP contribution in [0.2, 0.25) is 0 Å². The van der Waals surface area contributed by atoms with Crippen LogP contribution in [0.1, 0.15) is 35.5 Å². The van der Waals surface area contributed by atoms with Crippen LogP contribution in [0.15, 0.2) is 35.4 Å². The Hall–Kier alpha value is -2.21. The van der Waals surface area contributed by atoms with Crippen molar-refractivity contribution in [3.05, 3.63) is 47.3 Å². The highest BCUT2D eigenvalue weighted by Gasteiger charge is 2.19. The molecule has 2 aromatic rings. The highest BCUT2D eigenvalue weighted by molar-refractivity contribution is 7.99. The molecule has 0 bridgehead atoms. The molecule has 0 saturated heterocycles. The second-order valence-corrected chi connectivity index (χ2v) is 6.28. The van der Waals surface area contributed by atoms with Crippen LogP contribution < -0.4 is 9.47 Å². The topological polar surface area (TPSA) is 68.7 Å². The predicted octanol–water partition coefficient (Wildman–Crippen LogP) is 4.04. The van der Waals surface area contributed by atoms with Gasteiger partial charge >= 0.3 is 5.97 Å². The van der Waals surface area contributed by atoms with E-state index in [4.69, 9.17) is 9.47 Å². The van der Waals surface area contributed by atoms with Crippen LogP contribution in [0.3, 0.4) is 0 Å². The van der Waals surface area contributed by atoms with Gasteiger partial charge < -0.3 is 14.6 Å². The summed E-state index contributed by atoms with van der Waals surface area (Å²) < 4.78 is 11.0. The van der Waals surface area contributed by atoms with E-state index in [-0.39, 0.29) is 5.69 Å². The first kappa shape index (κ1) is 18.1. The third kappa shape index (κ3) is 4.20. The molecule has 0 fully saturated rings. The number of methoxy groups -OCH3 is 1. The van der Waals surface area contributed by atoms with Crippen LogP contribution in [0.5, 0.6) is 11.5 Å². The minimum Gasteiger partial charge on any atom is -0.497 e. The summed E-state index contributed by atoms with van der Waals surface area (Å²) in [5, 5.41) is 9.33. The van der Waals surface area contributed by atoms with Gasteiger partial charge in [-0.15, -0.1) is 11.8 Å². The molecule has 1 aromatic heterocycles. The molecule has 0 aliphatic heterocycles. The number of rotatable bonds is 8. The third-order valence-corrected chi connectivity index (χ3v) is 4.51. The van der Waals surface area contributed by atoms with Gasteiger partial charge in [-0.2, -0.15) is 0 Å². The van der Waals surface area contributed by atoms with E-state index in [2.05, 4.69) is 4.98 Å². The number of hydrogen-bond acceptors (Lipinski definition) is 5. The Kier molecular flexibility index (Phi) is 6.49. The zero-order valence-corrected chi connectivity index (χ0v) is 14.9. The van der Waals surface area contributed by atoms with Crippen molar-refractivity contribution in [2.75, 3.05) is 12.9 Å². The lowest BCUT2D eigenvalue weighted by atomic mass is 10.1. The molecular weight excluding hydrogens is 326 g/mol. The lowest BCUT2D eigenvalue weighted by Crippen LogP contribution is -2.08. The Morgan fingerprint density at radius 3 is 2.50 bits per heavy atom. The Bertz CT molecular complexity index is 701. The van der Waals surface area contributed by atoms with Gasteiger partial charge in [-0.3, -0.25) is 0 Å². The van der Waals surface area contributed by atoms with E-state index in [1.54, 1.807) is 7.11 Å². The van der Waals surface area contributed by atoms with Crippen LogP contribution in [0.4, 0.5) is 0 Å². The highest BCUT2D eigenvalue weighted by Crippen LogP contribution is 2.33. The fraction of sp³-hybridized carbons (Fsp3) is 0.333. The van der Waals surface area contributed by atoms with Gasteiger partial charge in [0.05, 0.1) is 13.3 Å². The van der Waals surface area contributed by atoms with Gasteiger partial charge in [0.2, 0.25) is 0 Å².